The molecule has 1 fully saturated rings. The van der Waals surface area contributed by atoms with Crippen LogP contribution in [0.4, 0.5) is 5.69 Å². The van der Waals surface area contributed by atoms with Gasteiger partial charge in [-0.05, 0) is 37.1 Å². The molecule has 0 bridgehead atoms. The average Bonchev–Trinajstić information content (AvgIpc) is 2.62. The maximum Gasteiger partial charge on any atom is 0.265 e. The van der Waals surface area contributed by atoms with E-state index < -0.39 is 20.5 Å². The second-order valence-corrected chi connectivity index (χ2v) is 8.85. The number of anilines is 1. The molecule has 6 nitrogen and oxygen atoms in total. The Morgan fingerprint density at radius 3 is 2.00 bits per heavy atom. The number of hydroxylamine groups is 1. The molecule has 1 amide bonds. The van der Waals surface area contributed by atoms with Crippen molar-refractivity contribution in [2.24, 2.45) is 0 Å². The van der Waals surface area contributed by atoms with E-state index in [2.05, 4.69) is 13.8 Å². The highest BCUT2D eigenvalue weighted by Gasteiger charge is 2.51. The van der Waals surface area contributed by atoms with Crippen molar-refractivity contribution < 1.29 is 18.4 Å². The highest BCUT2D eigenvalue weighted by Crippen LogP contribution is 2.39. The van der Waals surface area contributed by atoms with E-state index in [-0.39, 0.29) is 17.7 Å². The van der Waals surface area contributed by atoms with E-state index >= 15 is 0 Å². The van der Waals surface area contributed by atoms with E-state index in [0.717, 1.165) is 12.1 Å². The molecule has 142 valence electrons. The predicted octanol–water partition coefficient (Wildman–Crippen LogP) is 3.15. The maximum absolute atomic E-state index is 13.0. The highest BCUT2D eigenvalue weighted by atomic mass is 32.2. The Balaban J connectivity index is 0.000000970. The lowest BCUT2D eigenvalue weighted by Crippen LogP contribution is -2.52. The number of hydrogen-bond donors (Lipinski definition) is 2. The molecule has 1 aliphatic rings. The van der Waals surface area contributed by atoms with Crippen molar-refractivity contribution in [1.82, 2.24) is 5.48 Å². The molecule has 1 aliphatic carbocycles. The van der Waals surface area contributed by atoms with Gasteiger partial charge in [0.2, 0.25) is 0 Å². The third-order valence-corrected chi connectivity index (χ3v) is 6.87. The highest BCUT2D eigenvalue weighted by molar-refractivity contribution is 7.93. The minimum absolute atomic E-state index is 0.114. The molecule has 0 atom stereocenters. The summed E-state index contributed by atoms with van der Waals surface area (Å²) < 4.78 is 24.4. The first-order valence-electron chi connectivity index (χ1n) is 8.73. The molecule has 1 aromatic carbocycles. The van der Waals surface area contributed by atoms with Crippen molar-refractivity contribution in [3.8, 4) is 0 Å². The van der Waals surface area contributed by atoms with Gasteiger partial charge in [0, 0.05) is 19.8 Å². The molecule has 0 saturated heterocycles. The number of sulfone groups is 1. The molecule has 1 saturated carbocycles. The van der Waals surface area contributed by atoms with Crippen LogP contribution in [-0.2, 0) is 14.6 Å². The number of hydrogen-bond acceptors (Lipinski definition) is 5. The summed E-state index contributed by atoms with van der Waals surface area (Å²) in [5.41, 5.74) is 2.43. The van der Waals surface area contributed by atoms with Crippen LogP contribution in [0, 0.1) is 0 Å². The zero-order chi connectivity index (χ0) is 19.1. The van der Waals surface area contributed by atoms with E-state index in [1.165, 1.54) is 18.6 Å². The number of nitrogens with zero attached hydrogens (tertiary/aromatic N) is 1. The largest absolute Gasteiger partial charge is 0.378 e. The van der Waals surface area contributed by atoms with Gasteiger partial charge in [-0.3, -0.25) is 10.0 Å². The van der Waals surface area contributed by atoms with Crippen molar-refractivity contribution in [3.63, 3.8) is 0 Å². The van der Waals surface area contributed by atoms with Crippen LogP contribution in [0.2, 0.25) is 0 Å². The molecule has 7 heteroatoms. The van der Waals surface area contributed by atoms with Crippen molar-refractivity contribution in [1.29, 1.82) is 0 Å². The number of rotatable bonds is 4. The fraction of sp³-hybridized carbons (Fsp3) is 0.611. The predicted molar refractivity (Wildman–Crippen MR) is 99.7 cm³/mol. The van der Waals surface area contributed by atoms with Crippen molar-refractivity contribution >= 4 is 21.4 Å². The molecule has 0 radical (unpaired) electrons. The molecule has 2 N–H and O–H groups in total. The van der Waals surface area contributed by atoms with E-state index in [1.807, 2.05) is 19.0 Å². The molecular weight excluding hydrogens is 340 g/mol. The van der Waals surface area contributed by atoms with Crippen molar-refractivity contribution in [2.75, 3.05) is 19.0 Å². The van der Waals surface area contributed by atoms with E-state index in [4.69, 9.17) is 5.21 Å². The van der Waals surface area contributed by atoms with Crippen LogP contribution in [0.25, 0.3) is 0 Å². The quantitative estimate of drug-likeness (QED) is 0.628. The van der Waals surface area contributed by atoms with Gasteiger partial charge in [0.25, 0.3) is 5.91 Å². The average molecular weight is 371 g/mol. The molecule has 25 heavy (non-hydrogen) atoms. The first-order chi connectivity index (χ1) is 11.8. The summed E-state index contributed by atoms with van der Waals surface area (Å²) >= 11 is 0. The Morgan fingerprint density at radius 2 is 1.60 bits per heavy atom. The fourth-order valence-corrected chi connectivity index (χ4v) is 5.05. The molecule has 0 unspecified atom stereocenters. The van der Waals surface area contributed by atoms with Gasteiger partial charge < -0.3 is 4.90 Å². The lowest BCUT2D eigenvalue weighted by atomic mass is 9.88. The molecule has 0 aromatic heterocycles. The topological polar surface area (TPSA) is 86.7 Å². The van der Waals surface area contributed by atoms with Crippen molar-refractivity contribution in [3.05, 3.63) is 24.3 Å². The summed E-state index contributed by atoms with van der Waals surface area (Å²) in [7, 11) is -0.135. The number of carbonyl (C=O) groups is 1. The monoisotopic (exact) mass is 370 g/mol. The Hall–Kier alpha value is -1.60. The third-order valence-electron chi connectivity index (χ3n) is 4.35. The van der Waals surface area contributed by atoms with Gasteiger partial charge in [0.1, 0.15) is 0 Å². The lowest BCUT2D eigenvalue weighted by molar-refractivity contribution is -0.132. The zero-order valence-corrected chi connectivity index (χ0v) is 16.4. The second kappa shape index (κ2) is 9.20. The van der Waals surface area contributed by atoms with Crippen LogP contribution in [0.3, 0.4) is 0 Å². The number of benzene rings is 1. The van der Waals surface area contributed by atoms with Crippen molar-refractivity contribution in [2.45, 2.75) is 62.0 Å². The summed E-state index contributed by atoms with van der Waals surface area (Å²) in [4.78, 5) is 14.1. The molecule has 2 rings (SSSR count). The fourth-order valence-electron chi connectivity index (χ4n) is 2.99. The van der Waals surface area contributed by atoms with Gasteiger partial charge in [-0.25, -0.2) is 13.9 Å². The van der Waals surface area contributed by atoms with Gasteiger partial charge in [0.15, 0.2) is 14.6 Å². The Bertz CT molecular complexity index is 648. The van der Waals surface area contributed by atoms with Crippen LogP contribution in [-0.4, -0.2) is 38.4 Å². The van der Waals surface area contributed by atoms with E-state index in [9.17, 15) is 13.2 Å². The molecule has 0 aliphatic heterocycles. The summed E-state index contributed by atoms with van der Waals surface area (Å²) in [6.45, 7) is 4.25. The van der Waals surface area contributed by atoms with Crippen LogP contribution in [0.5, 0.6) is 0 Å². The van der Waals surface area contributed by atoms with Crippen LogP contribution < -0.4 is 10.4 Å². The number of carbonyl (C=O) groups excluding carboxylic acids is 1. The zero-order valence-electron chi connectivity index (χ0n) is 15.6. The van der Waals surface area contributed by atoms with Gasteiger partial charge in [-0.15, -0.1) is 0 Å². The lowest BCUT2D eigenvalue weighted by Gasteiger charge is -2.34. The number of nitrogens with one attached hydrogen (secondary N) is 1. The Kier molecular flexibility index (Phi) is 7.89. The summed E-state index contributed by atoms with van der Waals surface area (Å²) in [5, 5.41) is 9.01. The van der Waals surface area contributed by atoms with Crippen LogP contribution in [0.1, 0.15) is 52.4 Å². The third kappa shape index (κ3) is 4.52. The standard InChI is InChI=1S/C15H22N2O4S.C3H8/c1-17(2)12-6-8-13(9-7-12)22(20,21)15(14(18)16-19)10-4-3-5-11-15;1-3-2/h6-9,19H,3-5,10-11H2,1-2H3,(H,16,18);3H2,1-2H3. The first kappa shape index (κ1) is 21.4. The van der Waals surface area contributed by atoms with Crippen LogP contribution >= 0.6 is 0 Å². The Morgan fingerprint density at radius 1 is 1.12 bits per heavy atom. The van der Waals surface area contributed by atoms with E-state index in [0.29, 0.717) is 12.8 Å². The smallest absolute Gasteiger partial charge is 0.265 e. The summed E-state index contributed by atoms with van der Waals surface area (Å²) in [6.07, 6.45) is 3.93. The second-order valence-electron chi connectivity index (χ2n) is 6.59. The molecule has 1 aromatic rings. The maximum atomic E-state index is 13.0. The van der Waals surface area contributed by atoms with E-state index in [1.54, 1.807) is 17.6 Å². The summed E-state index contributed by atoms with van der Waals surface area (Å²) in [6, 6.07) is 6.46. The SMILES string of the molecule is CCC.CN(C)c1ccc(S(=O)(=O)C2(C(=O)NO)CCCCC2)cc1. The number of amides is 1. The minimum Gasteiger partial charge on any atom is -0.378 e. The van der Waals surface area contributed by atoms with Gasteiger partial charge in [0.05, 0.1) is 4.90 Å². The molecule has 0 spiro atoms. The van der Waals surface area contributed by atoms with Gasteiger partial charge in [-0.1, -0.05) is 39.5 Å². The first-order valence-corrected chi connectivity index (χ1v) is 10.2. The molecular formula is C18H30N2O4S. The molecule has 0 heterocycles. The van der Waals surface area contributed by atoms with Gasteiger partial charge >= 0.3 is 0 Å². The summed E-state index contributed by atoms with van der Waals surface area (Å²) in [5.74, 6) is -0.830. The normalized spacial score (nSPS) is 16.4. The minimum atomic E-state index is -3.87. The van der Waals surface area contributed by atoms with Gasteiger partial charge in [-0.2, -0.15) is 0 Å². The van der Waals surface area contributed by atoms with Crippen LogP contribution in [0.15, 0.2) is 29.2 Å². The Labute approximate surface area is 151 Å².